The van der Waals surface area contributed by atoms with Gasteiger partial charge in [-0.2, -0.15) is 5.10 Å². The van der Waals surface area contributed by atoms with Crippen molar-refractivity contribution in [1.29, 1.82) is 0 Å². The molecule has 0 saturated heterocycles. The predicted octanol–water partition coefficient (Wildman–Crippen LogP) is 3.15. The first-order valence-corrected chi connectivity index (χ1v) is 7.96. The second-order valence-corrected chi connectivity index (χ2v) is 6.21. The van der Waals surface area contributed by atoms with Crippen molar-refractivity contribution in [2.45, 2.75) is 52.6 Å². The van der Waals surface area contributed by atoms with E-state index in [2.05, 4.69) is 55.0 Å². The van der Waals surface area contributed by atoms with Gasteiger partial charge in [0.1, 0.15) is 0 Å². The van der Waals surface area contributed by atoms with Crippen LogP contribution in [0.15, 0.2) is 24.3 Å². The molecule has 0 spiro atoms. The van der Waals surface area contributed by atoms with Crippen LogP contribution in [0.4, 0.5) is 0 Å². The van der Waals surface area contributed by atoms with E-state index >= 15 is 0 Å². The minimum atomic E-state index is 0.785. The van der Waals surface area contributed by atoms with E-state index in [-0.39, 0.29) is 0 Å². The Morgan fingerprint density at radius 2 is 1.95 bits per heavy atom. The van der Waals surface area contributed by atoms with E-state index in [1.165, 1.54) is 40.9 Å². The summed E-state index contributed by atoms with van der Waals surface area (Å²) in [5.41, 5.74) is 6.59. The maximum atomic E-state index is 4.75. The van der Waals surface area contributed by atoms with Crippen LogP contribution in [-0.4, -0.2) is 22.4 Å². The van der Waals surface area contributed by atoms with Gasteiger partial charge < -0.3 is 5.32 Å². The highest BCUT2D eigenvalue weighted by molar-refractivity contribution is 5.29. The molecular formula is C18H25N3. The van der Waals surface area contributed by atoms with Crippen molar-refractivity contribution in [2.24, 2.45) is 0 Å². The summed E-state index contributed by atoms with van der Waals surface area (Å²) in [6.07, 6.45) is 3.79. The fraction of sp³-hybridized carbons (Fsp3) is 0.500. The molecule has 1 N–H and O–H groups in total. The first kappa shape index (κ1) is 14.3. The molecule has 0 atom stereocenters. The van der Waals surface area contributed by atoms with Crippen LogP contribution in [0.5, 0.6) is 0 Å². The zero-order valence-corrected chi connectivity index (χ0v) is 13.3. The highest BCUT2D eigenvalue weighted by atomic mass is 15.3. The van der Waals surface area contributed by atoms with Crippen LogP contribution in [0.25, 0.3) is 0 Å². The van der Waals surface area contributed by atoms with E-state index in [0.717, 1.165) is 25.6 Å². The van der Waals surface area contributed by atoms with Crippen molar-refractivity contribution in [3.8, 4) is 0 Å². The molecule has 1 aromatic heterocycles. The maximum absolute atomic E-state index is 4.75. The molecule has 3 nitrogen and oxygen atoms in total. The topological polar surface area (TPSA) is 29.9 Å². The molecule has 3 heteroatoms. The molecule has 0 aliphatic heterocycles. The Bertz CT molecular complexity index is 623. The van der Waals surface area contributed by atoms with Gasteiger partial charge in [-0.3, -0.25) is 4.68 Å². The maximum Gasteiger partial charge on any atom is 0.0665 e. The summed E-state index contributed by atoms with van der Waals surface area (Å²) < 4.78 is 2.16. The zero-order valence-electron chi connectivity index (χ0n) is 13.3. The third-order valence-corrected chi connectivity index (χ3v) is 4.50. The monoisotopic (exact) mass is 283 g/mol. The summed E-state index contributed by atoms with van der Waals surface area (Å²) in [4.78, 5) is 0. The average Bonchev–Trinajstić information content (AvgIpc) is 3.24. The summed E-state index contributed by atoms with van der Waals surface area (Å²) in [5, 5.41) is 8.34. The summed E-state index contributed by atoms with van der Waals surface area (Å²) >= 11 is 0. The zero-order chi connectivity index (χ0) is 14.8. The molecule has 21 heavy (non-hydrogen) atoms. The van der Waals surface area contributed by atoms with E-state index in [9.17, 15) is 0 Å². The Morgan fingerprint density at radius 1 is 1.19 bits per heavy atom. The van der Waals surface area contributed by atoms with Crippen LogP contribution >= 0.6 is 0 Å². The Kier molecular flexibility index (Phi) is 4.11. The van der Waals surface area contributed by atoms with Gasteiger partial charge in [-0.05, 0) is 63.3 Å². The molecule has 2 aromatic rings. The summed E-state index contributed by atoms with van der Waals surface area (Å²) in [7, 11) is 0. The highest BCUT2D eigenvalue weighted by Crippen LogP contribution is 2.20. The number of rotatable bonds is 6. The van der Waals surface area contributed by atoms with Gasteiger partial charge in [-0.15, -0.1) is 0 Å². The first-order chi connectivity index (χ1) is 10.1. The molecule has 3 rings (SSSR count). The normalized spacial score (nSPS) is 14.6. The molecule has 0 amide bonds. The highest BCUT2D eigenvalue weighted by Gasteiger charge is 2.20. The number of benzene rings is 1. The van der Waals surface area contributed by atoms with Crippen molar-refractivity contribution >= 4 is 0 Å². The number of hydrogen-bond donors (Lipinski definition) is 1. The predicted molar refractivity (Wildman–Crippen MR) is 86.7 cm³/mol. The lowest BCUT2D eigenvalue weighted by Crippen LogP contribution is -2.19. The third kappa shape index (κ3) is 3.35. The van der Waals surface area contributed by atoms with Crippen molar-refractivity contribution in [1.82, 2.24) is 15.1 Å². The van der Waals surface area contributed by atoms with Gasteiger partial charge >= 0.3 is 0 Å². The van der Waals surface area contributed by atoms with Crippen LogP contribution in [-0.2, 0) is 13.0 Å². The van der Waals surface area contributed by atoms with Gasteiger partial charge in [-0.25, -0.2) is 0 Å². The molecule has 0 bridgehead atoms. The molecular weight excluding hydrogens is 258 g/mol. The molecule has 112 valence electrons. The van der Waals surface area contributed by atoms with Crippen molar-refractivity contribution in [2.75, 3.05) is 6.54 Å². The van der Waals surface area contributed by atoms with Crippen LogP contribution < -0.4 is 5.32 Å². The Morgan fingerprint density at radius 3 is 2.67 bits per heavy atom. The lowest BCUT2D eigenvalue weighted by atomic mass is 10.1. The largest absolute Gasteiger partial charge is 0.314 e. The average molecular weight is 283 g/mol. The smallest absolute Gasteiger partial charge is 0.0665 e. The molecule has 1 aliphatic rings. The van der Waals surface area contributed by atoms with Gasteiger partial charge in [0.25, 0.3) is 0 Å². The number of aryl methyl sites for hydroxylation is 2. The Labute approximate surface area is 127 Å². The van der Waals surface area contributed by atoms with Crippen molar-refractivity contribution in [3.63, 3.8) is 0 Å². The van der Waals surface area contributed by atoms with Crippen LogP contribution in [0, 0.1) is 20.8 Å². The summed E-state index contributed by atoms with van der Waals surface area (Å²) in [6, 6.07) is 9.35. The van der Waals surface area contributed by atoms with Gasteiger partial charge in [-0.1, -0.05) is 24.3 Å². The van der Waals surface area contributed by atoms with Gasteiger partial charge in [0, 0.05) is 11.7 Å². The molecule has 1 heterocycles. The van der Waals surface area contributed by atoms with E-state index in [1.807, 2.05) is 0 Å². The third-order valence-electron chi connectivity index (χ3n) is 4.50. The lowest BCUT2D eigenvalue weighted by molar-refractivity contribution is 0.652. The standard InChI is InChI=1S/C18H25N3/c1-13-6-4-5-7-16(13)12-21-15(3)18(14(2)20-21)10-11-19-17-8-9-17/h4-7,17,19H,8-12H2,1-3H3. The minimum absolute atomic E-state index is 0.785. The number of nitrogens with zero attached hydrogens (tertiary/aromatic N) is 2. The molecule has 0 radical (unpaired) electrons. The fourth-order valence-electron chi connectivity index (χ4n) is 2.89. The van der Waals surface area contributed by atoms with Crippen molar-refractivity contribution < 1.29 is 0 Å². The number of aromatic nitrogens is 2. The van der Waals surface area contributed by atoms with E-state index < -0.39 is 0 Å². The van der Waals surface area contributed by atoms with Crippen LogP contribution in [0.3, 0.4) is 0 Å². The van der Waals surface area contributed by atoms with Gasteiger partial charge in [0.2, 0.25) is 0 Å². The Balaban J connectivity index is 1.72. The molecule has 1 aromatic carbocycles. The lowest BCUT2D eigenvalue weighted by Gasteiger charge is -2.08. The quantitative estimate of drug-likeness (QED) is 0.882. The Hall–Kier alpha value is -1.61. The van der Waals surface area contributed by atoms with Crippen molar-refractivity contribution in [3.05, 3.63) is 52.3 Å². The van der Waals surface area contributed by atoms with Gasteiger partial charge in [0.15, 0.2) is 0 Å². The van der Waals surface area contributed by atoms with Crippen LogP contribution in [0.1, 0.15) is 40.9 Å². The number of nitrogens with one attached hydrogen (secondary N) is 1. The minimum Gasteiger partial charge on any atom is -0.314 e. The van der Waals surface area contributed by atoms with E-state index in [4.69, 9.17) is 5.10 Å². The molecule has 0 unspecified atom stereocenters. The fourth-order valence-corrected chi connectivity index (χ4v) is 2.89. The summed E-state index contributed by atoms with van der Waals surface area (Å²) in [5.74, 6) is 0. The van der Waals surface area contributed by atoms with E-state index in [1.54, 1.807) is 0 Å². The molecule has 1 fully saturated rings. The van der Waals surface area contributed by atoms with Gasteiger partial charge in [0.05, 0.1) is 12.2 Å². The summed E-state index contributed by atoms with van der Waals surface area (Å²) in [6.45, 7) is 8.44. The molecule has 1 aliphatic carbocycles. The van der Waals surface area contributed by atoms with E-state index in [0.29, 0.717) is 0 Å². The van der Waals surface area contributed by atoms with Crippen LogP contribution in [0.2, 0.25) is 0 Å². The first-order valence-electron chi connectivity index (χ1n) is 7.96. The second kappa shape index (κ2) is 6.02. The number of hydrogen-bond acceptors (Lipinski definition) is 2. The molecule has 1 saturated carbocycles. The second-order valence-electron chi connectivity index (χ2n) is 6.21. The SMILES string of the molecule is Cc1ccccc1Cn1nc(C)c(CCNC2CC2)c1C.